The number of benzene rings is 2. The minimum absolute atomic E-state index is 0.196. The van der Waals surface area contributed by atoms with E-state index in [1.807, 2.05) is 18.2 Å². The first kappa shape index (κ1) is 20.4. The molecule has 0 saturated carbocycles. The lowest BCUT2D eigenvalue weighted by Gasteiger charge is -2.34. The van der Waals surface area contributed by atoms with Crippen molar-refractivity contribution < 1.29 is 13.2 Å². The van der Waals surface area contributed by atoms with Crippen LogP contribution in [0.3, 0.4) is 0 Å². The molecular weight excluding hydrogens is 400 g/mol. The molecule has 2 aromatic carbocycles. The van der Waals surface area contributed by atoms with E-state index >= 15 is 0 Å². The van der Waals surface area contributed by atoms with Crippen molar-refractivity contribution in [2.24, 2.45) is 11.8 Å². The van der Waals surface area contributed by atoms with E-state index in [0.717, 1.165) is 6.42 Å². The molecule has 2 unspecified atom stereocenters. The number of fused-ring (bicyclic) bond motifs is 1. The minimum Gasteiger partial charge on any atom is -0.321 e. The first-order valence-corrected chi connectivity index (χ1v) is 11.4. The molecule has 1 fully saturated rings. The zero-order chi connectivity index (χ0) is 21.3. The molecule has 1 aromatic heterocycles. The van der Waals surface area contributed by atoms with Crippen LogP contribution in [0.5, 0.6) is 0 Å². The number of carbonyl (C=O) groups excluding carboxylic acids is 1. The third kappa shape index (κ3) is 4.20. The molecule has 1 N–H and O–H groups in total. The number of carbonyl (C=O) groups is 1. The molecule has 156 valence electrons. The van der Waals surface area contributed by atoms with Crippen LogP contribution in [0, 0.1) is 11.8 Å². The fraction of sp³-hybridized carbons (Fsp3) is 0.318. The van der Waals surface area contributed by atoms with Gasteiger partial charge < -0.3 is 5.32 Å². The Labute approximate surface area is 176 Å². The molecule has 0 spiro atoms. The zero-order valence-corrected chi connectivity index (χ0v) is 17.8. The van der Waals surface area contributed by atoms with Gasteiger partial charge in [-0.3, -0.25) is 9.78 Å². The summed E-state index contributed by atoms with van der Waals surface area (Å²) in [5.74, 6) is 0.276. The van der Waals surface area contributed by atoms with Gasteiger partial charge in [0.05, 0.1) is 22.1 Å². The van der Waals surface area contributed by atoms with Gasteiger partial charge in [0.15, 0.2) is 0 Å². The fourth-order valence-electron chi connectivity index (χ4n) is 3.92. The van der Waals surface area contributed by atoms with Gasteiger partial charge in [0.25, 0.3) is 5.91 Å². The first-order valence-electron chi connectivity index (χ1n) is 9.96. The number of sulfonamides is 1. The Balaban J connectivity index is 1.49. The van der Waals surface area contributed by atoms with Gasteiger partial charge in [0.1, 0.15) is 5.69 Å². The van der Waals surface area contributed by atoms with Crippen molar-refractivity contribution in [3.05, 3.63) is 60.4 Å². The van der Waals surface area contributed by atoms with Crippen LogP contribution in [0.25, 0.3) is 11.0 Å². The summed E-state index contributed by atoms with van der Waals surface area (Å²) in [6.45, 7) is 5.22. The van der Waals surface area contributed by atoms with Crippen molar-refractivity contribution in [1.29, 1.82) is 0 Å². The van der Waals surface area contributed by atoms with Gasteiger partial charge in [-0.2, -0.15) is 4.31 Å². The molecule has 3 aromatic rings. The van der Waals surface area contributed by atoms with Crippen LogP contribution in [-0.4, -0.2) is 41.7 Å². The number of para-hydroxylation sites is 2. The van der Waals surface area contributed by atoms with Gasteiger partial charge in [-0.15, -0.1) is 0 Å². The highest BCUT2D eigenvalue weighted by atomic mass is 32.2. The van der Waals surface area contributed by atoms with E-state index in [1.165, 1.54) is 18.3 Å². The van der Waals surface area contributed by atoms with E-state index in [9.17, 15) is 13.2 Å². The van der Waals surface area contributed by atoms with Crippen LogP contribution in [-0.2, 0) is 10.0 Å². The lowest BCUT2D eigenvalue weighted by atomic mass is 9.94. The molecule has 1 aliphatic rings. The van der Waals surface area contributed by atoms with Gasteiger partial charge in [-0.1, -0.05) is 26.0 Å². The average Bonchev–Trinajstić information content (AvgIpc) is 2.73. The van der Waals surface area contributed by atoms with Gasteiger partial charge in [0.2, 0.25) is 10.0 Å². The second-order valence-corrected chi connectivity index (χ2v) is 9.93. The molecule has 30 heavy (non-hydrogen) atoms. The van der Waals surface area contributed by atoms with Gasteiger partial charge in [-0.25, -0.2) is 13.4 Å². The van der Waals surface area contributed by atoms with Gasteiger partial charge in [-0.05, 0) is 54.7 Å². The Morgan fingerprint density at radius 2 is 1.63 bits per heavy atom. The summed E-state index contributed by atoms with van der Waals surface area (Å²) in [6.07, 6.45) is 2.46. The fourth-order valence-corrected chi connectivity index (χ4v) is 5.60. The standard InChI is InChI=1S/C22H24N4O3S/c1-15-11-16(2)14-26(13-15)30(28,29)18-9-7-17(8-10-18)24-22(27)21-12-23-19-5-3-4-6-20(19)25-21/h3-10,12,15-16H,11,13-14H2,1-2H3,(H,24,27). The topological polar surface area (TPSA) is 92.3 Å². The van der Waals surface area contributed by atoms with Crippen LogP contribution in [0.1, 0.15) is 30.8 Å². The number of amides is 1. The number of nitrogens with zero attached hydrogens (tertiary/aromatic N) is 3. The monoisotopic (exact) mass is 424 g/mol. The number of piperidine rings is 1. The van der Waals surface area contributed by atoms with Crippen molar-refractivity contribution >= 4 is 32.7 Å². The third-order valence-electron chi connectivity index (χ3n) is 5.27. The summed E-state index contributed by atoms with van der Waals surface area (Å²) in [4.78, 5) is 21.3. The minimum atomic E-state index is -3.55. The number of nitrogens with one attached hydrogen (secondary N) is 1. The maximum atomic E-state index is 13.0. The molecule has 2 atom stereocenters. The SMILES string of the molecule is CC1CC(C)CN(S(=O)(=O)c2ccc(NC(=O)c3cnc4ccccc4n3)cc2)C1. The van der Waals surface area contributed by atoms with Crippen LogP contribution < -0.4 is 5.32 Å². The largest absolute Gasteiger partial charge is 0.321 e. The number of rotatable bonds is 4. The van der Waals surface area contributed by atoms with Crippen molar-refractivity contribution in [3.8, 4) is 0 Å². The summed E-state index contributed by atoms with van der Waals surface area (Å²) in [6, 6.07) is 13.6. The van der Waals surface area contributed by atoms with Crippen molar-refractivity contribution in [2.75, 3.05) is 18.4 Å². The maximum Gasteiger partial charge on any atom is 0.275 e. The smallest absolute Gasteiger partial charge is 0.275 e. The lowest BCUT2D eigenvalue weighted by molar-refractivity contribution is 0.102. The average molecular weight is 425 g/mol. The van der Waals surface area contributed by atoms with E-state index in [0.29, 0.717) is 41.6 Å². The summed E-state index contributed by atoms with van der Waals surface area (Å²) in [5, 5.41) is 2.75. The Bertz CT molecular complexity index is 1170. The molecule has 1 aliphatic heterocycles. The molecule has 0 aliphatic carbocycles. The molecule has 7 nitrogen and oxygen atoms in total. The second-order valence-electron chi connectivity index (χ2n) is 7.99. The first-order chi connectivity index (χ1) is 14.3. The van der Waals surface area contributed by atoms with E-state index in [-0.39, 0.29) is 10.6 Å². The van der Waals surface area contributed by atoms with E-state index in [2.05, 4.69) is 29.1 Å². The molecule has 2 heterocycles. The predicted octanol–water partition coefficient (Wildman–Crippen LogP) is 3.55. The zero-order valence-electron chi connectivity index (χ0n) is 16.9. The normalized spacial score (nSPS) is 20.2. The molecule has 1 amide bonds. The van der Waals surface area contributed by atoms with Crippen LogP contribution in [0.4, 0.5) is 5.69 Å². The third-order valence-corrected chi connectivity index (χ3v) is 7.11. The Morgan fingerprint density at radius 3 is 2.30 bits per heavy atom. The van der Waals surface area contributed by atoms with E-state index in [1.54, 1.807) is 22.5 Å². The summed E-state index contributed by atoms with van der Waals surface area (Å²) in [7, 11) is -3.55. The molecule has 4 rings (SSSR count). The van der Waals surface area contributed by atoms with E-state index < -0.39 is 15.9 Å². The Morgan fingerprint density at radius 1 is 1.00 bits per heavy atom. The number of hydrogen-bond acceptors (Lipinski definition) is 5. The van der Waals surface area contributed by atoms with Crippen LogP contribution >= 0.6 is 0 Å². The Kier molecular flexibility index (Phi) is 5.53. The highest BCUT2D eigenvalue weighted by Crippen LogP contribution is 2.27. The van der Waals surface area contributed by atoms with Gasteiger partial charge >= 0.3 is 0 Å². The highest BCUT2D eigenvalue weighted by Gasteiger charge is 2.31. The highest BCUT2D eigenvalue weighted by molar-refractivity contribution is 7.89. The van der Waals surface area contributed by atoms with Crippen LogP contribution in [0.2, 0.25) is 0 Å². The predicted molar refractivity (Wildman–Crippen MR) is 116 cm³/mol. The van der Waals surface area contributed by atoms with Crippen LogP contribution in [0.15, 0.2) is 59.6 Å². The summed E-state index contributed by atoms with van der Waals surface area (Å²) < 4.78 is 27.5. The number of anilines is 1. The van der Waals surface area contributed by atoms with Crippen molar-refractivity contribution in [1.82, 2.24) is 14.3 Å². The number of hydrogen-bond donors (Lipinski definition) is 1. The summed E-state index contributed by atoms with van der Waals surface area (Å²) in [5.41, 5.74) is 2.04. The quantitative estimate of drug-likeness (QED) is 0.691. The Hall–Kier alpha value is -2.84. The lowest BCUT2D eigenvalue weighted by Crippen LogP contribution is -2.42. The van der Waals surface area contributed by atoms with Gasteiger partial charge in [0, 0.05) is 18.8 Å². The van der Waals surface area contributed by atoms with Crippen molar-refractivity contribution in [2.45, 2.75) is 25.2 Å². The second kappa shape index (κ2) is 8.12. The summed E-state index contributed by atoms with van der Waals surface area (Å²) >= 11 is 0. The molecule has 0 radical (unpaired) electrons. The van der Waals surface area contributed by atoms with E-state index in [4.69, 9.17) is 0 Å². The molecule has 8 heteroatoms. The molecular formula is C22H24N4O3S. The molecule has 1 saturated heterocycles. The molecule has 0 bridgehead atoms. The maximum absolute atomic E-state index is 13.0. The van der Waals surface area contributed by atoms with Crippen molar-refractivity contribution in [3.63, 3.8) is 0 Å². The number of aromatic nitrogens is 2.